The average Bonchev–Trinajstić information content (AvgIpc) is 3.27. The molecular weight excluding hydrogens is 264 g/mol. The molecule has 2 rings (SSSR count). The second kappa shape index (κ2) is 6.57. The van der Waals surface area contributed by atoms with E-state index in [4.69, 9.17) is 11.6 Å². The van der Waals surface area contributed by atoms with Crippen molar-refractivity contribution in [2.24, 2.45) is 5.92 Å². The lowest BCUT2D eigenvalue weighted by Crippen LogP contribution is -2.35. The van der Waals surface area contributed by atoms with E-state index in [-0.39, 0.29) is 17.7 Å². The SMILES string of the molecule is O=C(NCCNC(=O)C1CC1)c1cccc(CCl)c1. The molecule has 0 spiro atoms. The van der Waals surface area contributed by atoms with Gasteiger partial charge in [0.05, 0.1) is 0 Å². The van der Waals surface area contributed by atoms with E-state index in [1.807, 2.05) is 12.1 Å². The summed E-state index contributed by atoms with van der Waals surface area (Å²) in [5, 5.41) is 5.57. The molecule has 0 heterocycles. The Labute approximate surface area is 117 Å². The van der Waals surface area contributed by atoms with E-state index in [0.717, 1.165) is 18.4 Å². The predicted octanol–water partition coefficient (Wildman–Crippen LogP) is 1.68. The summed E-state index contributed by atoms with van der Waals surface area (Å²) in [6, 6.07) is 7.19. The molecule has 1 fully saturated rings. The Hall–Kier alpha value is -1.55. The lowest BCUT2D eigenvalue weighted by atomic mass is 10.1. The molecule has 0 radical (unpaired) electrons. The number of hydrogen-bond acceptors (Lipinski definition) is 2. The number of alkyl halides is 1. The van der Waals surface area contributed by atoms with Crippen LogP contribution in [0.5, 0.6) is 0 Å². The van der Waals surface area contributed by atoms with Crippen molar-refractivity contribution in [2.45, 2.75) is 18.7 Å². The van der Waals surface area contributed by atoms with Gasteiger partial charge in [-0.05, 0) is 30.5 Å². The number of carbonyl (C=O) groups excluding carboxylic acids is 2. The highest BCUT2D eigenvalue weighted by molar-refractivity contribution is 6.17. The summed E-state index contributed by atoms with van der Waals surface area (Å²) in [4.78, 5) is 23.2. The number of benzene rings is 1. The summed E-state index contributed by atoms with van der Waals surface area (Å²) in [6.07, 6.45) is 1.98. The lowest BCUT2D eigenvalue weighted by Gasteiger charge is -2.07. The normalized spacial score (nSPS) is 13.9. The Morgan fingerprint density at radius 1 is 1.21 bits per heavy atom. The topological polar surface area (TPSA) is 58.2 Å². The summed E-state index contributed by atoms with van der Waals surface area (Å²) < 4.78 is 0. The lowest BCUT2D eigenvalue weighted by molar-refractivity contribution is -0.122. The van der Waals surface area contributed by atoms with E-state index < -0.39 is 0 Å². The monoisotopic (exact) mass is 280 g/mol. The second-order valence-electron chi connectivity index (χ2n) is 4.66. The van der Waals surface area contributed by atoms with Crippen molar-refractivity contribution < 1.29 is 9.59 Å². The molecule has 2 N–H and O–H groups in total. The molecular formula is C14H17ClN2O2. The van der Waals surface area contributed by atoms with Crippen molar-refractivity contribution >= 4 is 23.4 Å². The third kappa shape index (κ3) is 4.24. The maximum absolute atomic E-state index is 11.8. The maximum Gasteiger partial charge on any atom is 0.251 e. The van der Waals surface area contributed by atoms with Gasteiger partial charge in [-0.2, -0.15) is 0 Å². The van der Waals surface area contributed by atoms with Crippen LogP contribution in [-0.4, -0.2) is 24.9 Å². The molecule has 19 heavy (non-hydrogen) atoms. The molecule has 0 aliphatic heterocycles. The summed E-state index contributed by atoms with van der Waals surface area (Å²) in [7, 11) is 0. The Morgan fingerprint density at radius 3 is 2.63 bits per heavy atom. The predicted molar refractivity (Wildman–Crippen MR) is 74.1 cm³/mol. The van der Waals surface area contributed by atoms with Crippen molar-refractivity contribution in [3.63, 3.8) is 0 Å². The van der Waals surface area contributed by atoms with Crippen molar-refractivity contribution in [3.8, 4) is 0 Å². The summed E-state index contributed by atoms with van der Waals surface area (Å²) in [5.41, 5.74) is 1.50. The quantitative estimate of drug-likeness (QED) is 0.615. The zero-order valence-corrected chi connectivity index (χ0v) is 11.4. The van der Waals surface area contributed by atoms with Crippen LogP contribution in [0.2, 0.25) is 0 Å². The van der Waals surface area contributed by atoms with Gasteiger partial charge in [-0.25, -0.2) is 0 Å². The molecule has 1 aliphatic carbocycles. The van der Waals surface area contributed by atoms with Gasteiger partial charge in [0.25, 0.3) is 5.91 Å². The van der Waals surface area contributed by atoms with Crippen LogP contribution >= 0.6 is 11.6 Å². The Morgan fingerprint density at radius 2 is 1.95 bits per heavy atom. The molecule has 0 aromatic heterocycles. The molecule has 1 aromatic carbocycles. The van der Waals surface area contributed by atoms with Crippen LogP contribution in [0.4, 0.5) is 0 Å². The van der Waals surface area contributed by atoms with Crippen molar-refractivity contribution in [1.29, 1.82) is 0 Å². The number of amides is 2. The minimum absolute atomic E-state index is 0.0957. The van der Waals surface area contributed by atoms with Gasteiger partial charge in [0, 0.05) is 30.5 Å². The van der Waals surface area contributed by atoms with E-state index in [1.54, 1.807) is 12.1 Å². The number of nitrogens with one attached hydrogen (secondary N) is 2. The van der Waals surface area contributed by atoms with Crippen LogP contribution in [0.3, 0.4) is 0 Å². The molecule has 5 heteroatoms. The Balaban J connectivity index is 1.72. The molecule has 0 unspecified atom stereocenters. The third-order valence-corrected chi connectivity index (χ3v) is 3.31. The van der Waals surface area contributed by atoms with E-state index in [2.05, 4.69) is 10.6 Å². The van der Waals surface area contributed by atoms with Crippen LogP contribution in [0.15, 0.2) is 24.3 Å². The first kappa shape index (κ1) is 13.9. The van der Waals surface area contributed by atoms with E-state index >= 15 is 0 Å². The molecule has 1 aliphatic rings. The standard InChI is InChI=1S/C14H17ClN2O2/c15-9-10-2-1-3-12(8-10)14(19)17-7-6-16-13(18)11-4-5-11/h1-3,8,11H,4-7,9H2,(H,16,18)(H,17,19). The highest BCUT2D eigenvalue weighted by atomic mass is 35.5. The van der Waals surface area contributed by atoms with Gasteiger partial charge in [-0.1, -0.05) is 12.1 Å². The van der Waals surface area contributed by atoms with Crippen LogP contribution in [0.1, 0.15) is 28.8 Å². The van der Waals surface area contributed by atoms with Crippen LogP contribution in [0.25, 0.3) is 0 Å². The first-order valence-electron chi connectivity index (χ1n) is 6.41. The second-order valence-corrected chi connectivity index (χ2v) is 4.92. The number of hydrogen-bond donors (Lipinski definition) is 2. The number of carbonyl (C=O) groups is 2. The van der Waals surface area contributed by atoms with Crippen molar-refractivity contribution in [1.82, 2.24) is 10.6 Å². The van der Waals surface area contributed by atoms with Crippen LogP contribution in [0, 0.1) is 5.92 Å². The molecule has 0 bridgehead atoms. The van der Waals surface area contributed by atoms with Crippen molar-refractivity contribution in [3.05, 3.63) is 35.4 Å². The summed E-state index contributed by atoms with van der Waals surface area (Å²) in [6.45, 7) is 0.901. The first-order chi connectivity index (χ1) is 9.20. The average molecular weight is 281 g/mol. The van der Waals surface area contributed by atoms with Gasteiger partial charge in [0.1, 0.15) is 0 Å². The highest BCUT2D eigenvalue weighted by Crippen LogP contribution is 2.28. The molecule has 0 saturated heterocycles. The maximum atomic E-state index is 11.8. The molecule has 1 aromatic rings. The molecule has 1 saturated carbocycles. The third-order valence-electron chi connectivity index (χ3n) is 3.00. The molecule has 4 nitrogen and oxygen atoms in total. The fourth-order valence-corrected chi connectivity index (χ4v) is 1.92. The van der Waals surface area contributed by atoms with Gasteiger partial charge in [-0.3, -0.25) is 9.59 Å². The largest absolute Gasteiger partial charge is 0.354 e. The fourth-order valence-electron chi connectivity index (χ4n) is 1.75. The summed E-state index contributed by atoms with van der Waals surface area (Å²) >= 11 is 5.72. The van der Waals surface area contributed by atoms with E-state index in [9.17, 15) is 9.59 Å². The Kier molecular flexibility index (Phi) is 4.80. The van der Waals surface area contributed by atoms with Crippen molar-refractivity contribution in [2.75, 3.05) is 13.1 Å². The minimum atomic E-state index is -0.146. The van der Waals surface area contributed by atoms with Gasteiger partial charge >= 0.3 is 0 Å². The zero-order valence-electron chi connectivity index (χ0n) is 10.6. The highest BCUT2D eigenvalue weighted by Gasteiger charge is 2.28. The van der Waals surface area contributed by atoms with Gasteiger partial charge in [0.2, 0.25) is 5.91 Å². The first-order valence-corrected chi connectivity index (χ1v) is 6.95. The Bertz CT molecular complexity index is 472. The zero-order chi connectivity index (χ0) is 13.7. The van der Waals surface area contributed by atoms with Gasteiger partial charge < -0.3 is 10.6 Å². The summed E-state index contributed by atoms with van der Waals surface area (Å²) in [5.74, 6) is 0.542. The van der Waals surface area contributed by atoms with Crippen LogP contribution < -0.4 is 10.6 Å². The molecule has 2 amide bonds. The molecule has 0 atom stereocenters. The number of rotatable bonds is 6. The minimum Gasteiger partial charge on any atom is -0.354 e. The molecule has 102 valence electrons. The number of halogens is 1. The van der Waals surface area contributed by atoms with Gasteiger partial charge in [0.15, 0.2) is 0 Å². The van der Waals surface area contributed by atoms with E-state index in [1.165, 1.54) is 0 Å². The van der Waals surface area contributed by atoms with Gasteiger partial charge in [-0.15, -0.1) is 11.6 Å². The smallest absolute Gasteiger partial charge is 0.251 e. The van der Waals surface area contributed by atoms with Crippen LogP contribution in [-0.2, 0) is 10.7 Å². The van der Waals surface area contributed by atoms with E-state index in [0.29, 0.717) is 24.5 Å². The fraction of sp³-hybridized carbons (Fsp3) is 0.429.